The fourth-order valence-corrected chi connectivity index (χ4v) is 2.45. The number of rotatable bonds is 1. The van der Waals surface area contributed by atoms with E-state index in [1.54, 1.807) is 12.1 Å². The number of carbonyl (C=O) groups is 1. The molecule has 0 fully saturated rings. The third-order valence-electron chi connectivity index (χ3n) is 3.47. The van der Waals surface area contributed by atoms with Gasteiger partial charge in [0.25, 0.3) is 5.91 Å². The van der Waals surface area contributed by atoms with E-state index in [1.807, 2.05) is 18.2 Å². The second kappa shape index (κ2) is 4.78. The number of amides is 1. The van der Waals surface area contributed by atoms with Gasteiger partial charge in [-0.2, -0.15) is 5.26 Å². The van der Waals surface area contributed by atoms with E-state index in [0.717, 1.165) is 11.6 Å². The first-order valence-corrected chi connectivity index (χ1v) is 6.30. The van der Waals surface area contributed by atoms with Crippen molar-refractivity contribution in [2.75, 3.05) is 11.4 Å². The summed E-state index contributed by atoms with van der Waals surface area (Å²) in [5.74, 6) is -0.743. The van der Waals surface area contributed by atoms with Gasteiger partial charge in [0.05, 0.1) is 17.3 Å². The molecule has 3 rings (SSSR count). The van der Waals surface area contributed by atoms with Crippen LogP contribution in [0.3, 0.4) is 0 Å². The molecule has 1 heterocycles. The van der Waals surface area contributed by atoms with Crippen LogP contribution in [0.5, 0.6) is 0 Å². The van der Waals surface area contributed by atoms with Crippen molar-refractivity contribution in [2.24, 2.45) is 0 Å². The van der Waals surface area contributed by atoms with E-state index in [2.05, 4.69) is 0 Å². The number of hydrogen-bond acceptors (Lipinski definition) is 2. The van der Waals surface area contributed by atoms with Crippen molar-refractivity contribution in [1.29, 1.82) is 5.26 Å². The average Bonchev–Trinajstić information content (AvgIpc) is 2.48. The molecule has 98 valence electrons. The number of fused-ring (bicyclic) bond motifs is 1. The molecule has 0 unspecified atom stereocenters. The van der Waals surface area contributed by atoms with Gasteiger partial charge >= 0.3 is 0 Å². The summed E-state index contributed by atoms with van der Waals surface area (Å²) in [5.41, 5.74) is 2.07. The molecule has 0 aromatic heterocycles. The lowest BCUT2D eigenvalue weighted by Gasteiger charge is -2.28. The Morgan fingerprint density at radius 1 is 1.20 bits per heavy atom. The van der Waals surface area contributed by atoms with Crippen molar-refractivity contribution < 1.29 is 9.18 Å². The quantitative estimate of drug-likeness (QED) is 0.796. The van der Waals surface area contributed by atoms with Crippen LogP contribution < -0.4 is 4.90 Å². The Morgan fingerprint density at radius 3 is 2.75 bits per heavy atom. The summed E-state index contributed by atoms with van der Waals surface area (Å²) in [6, 6.07) is 13.4. The maximum atomic E-state index is 14.0. The molecule has 3 nitrogen and oxygen atoms in total. The minimum Gasteiger partial charge on any atom is -0.305 e. The molecule has 1 aliphatic rings. The Morgan fingerprint density at radius 2 is 2.00 bits per heavy atom. The summed E-state index contributed by atoms with van der Waals surface area (Å²) in [4.78, 5) is 13.8. The molecular formula is C16H11FN2O. The molecule has 0 bridgehead atoms. The summed E-state index contributed by atoms with van der Waals surface area (Å²) in [7, 11) is 0. The Labute approximate surface area is 115 Å². The fraction of sp³-hybridized carbons (Fsp3) is 0.125. The molecule has 0 atom stereocenters. The highest BCUT2D eigenvalue weighted by Crippen LogP contribution is 2.27. The van der Waals surface area contributed by atoms with Gasteiger partial charge in [-0.15, -0.1) is 0 Å². The molecule has 0 spiro atoms. The molecule has 20 heavy (non-hydrogen) atoms. The van der Waals surface area contributed by atoms with Crippen LogP contribution in [0.1, 0.15) is 21.5 Å². The highest BCUT2D eigenvalue weighted by molar-refractivity contribution is 6.08. The van der Waals surface area contributed by atoms with Crippen molar-refractivity contribution in [3.05, 3.63) is 65.0 Å². The van der Waals surface area contributed by atoms with Crippen molar-refractivity contribution in [3.63, 3.8) is 0 Å². The van der Waals surface area contributed by atoms with Crippen LogP contribution in [0.15, 0.2) is 42.5 Å². The van der Waals surface area contributed by atoms with Gasteiger partial charge in [0.1, 0.15) is 5.82 Å². The van der Waals surface area contributed by atoms with E-state index in [9.17, 15) is 9.18 Å². The average molecular weight is 266 g/mol. The first kappa shape index (κ1) is 12.4. The van der Waals surface area contributed by atoms with Crippen LogP contribution in [0.4, 0.5) is 10.1 Å². The molecule has 2 aromatic rings. The topological polar surface area (TPSA) is 44.1 Å². The monoisotopic (exact) mass is 266 g/mol. The minimum atomic E-state index is -0.545. The van der Waals surface area contributed by atoms with Crippen molar-refractivity contribution in [1.82, 2.24) is 0 Å². The first-order chi connectivity index (χ1) is 9.70. The van der Waals surface area contributed by atoms with Gasteiger partial charge in [-0.1, -0.05) is 18.2 Å². The van der Waals surface area contributed by atoms with Gasteiger partial charge in [-0.3, -0.25) is 4.79 Å². The summed E-state index contributed by atoms with van der Waals surface area (Å²) in [6.07, 6.45) is 0.696. The summed E-state index contributed by atoms with van der Waals surface area (Å²) < 4.78 is 14.0. The van der Waals surface area contributed by atoms with Crippen LogP contribution in [0.2, 0.25) is 0 Å². The van der Waals surface area contributed by atoms with Crippen LogP contribution in [0, 0.1) is 17.1 Å². The molecule has 0 N–H and O–H groups in total. The third kappa shape index (κ3) is 1.94. The van der Waals surface area contributed by atoms with Gasteiger partial charge in [0.2, 0.25) is 0 Å². The lowest BCUT2D eigenvalue weighted by Crippen LogP contribution is -2.38. The molecule has 0 saturated carbocycles. The van der Waals surface area contributed by atoms with E-state index in [1.165, 1.54) is 17.0 Å². The van der Waals surface area contributed by atoms with E-state index in [0.29, 0.717) is 18.5 Å². The Bertz CT molecular complexity index is 733. The SMILES string of the molecule is N#Cc1ccc(N2CCc3ccccc3C2=O)c(F)c1. The molecule has 0 aliphatic carbocycles. The van der Waals surface area contributed by atoms with Crippen molar-refractivity contribution in [2.45, 2.75) is 6.42 Å². The molecule has 1 aliphatic heterocycles. The lowest BCUT2D eigenvalue weighted by molar-refractivity contribution is 0.0979. The smallest absolute Gasteiger partial charge is 0.258 e. The first-order valence-electron chi connectivity index (χ1n) is 6.30. The minimum absolute atomic E-state index is 0.199. The van der Waals surface area contributed by atoms with Gasteiger partial charge in [0, 0.05) is 12.1 Å². The van der Waals surface area contributed by atoms with E-state index < -0.39 is 5.82 Å². The maximum absolute atomic E-state index is 14.0. The fourth-order valence-electron chi connectivity index (χ4n) is 2.45. The number of halogens is 1. The predicted octanol–water partition coefficient (Wildman–Crippen LogP) is 2.90. The van der Waals surface area contributed by atoms with Crippen LogP contribution in [-0.4, -0.2) is 12.5 Å². The number of nitrogens with zero attached hydrogens (tertiary/aromatic N) is 2. The maximum Gasteiger partial charge on any atom is 0.258 e. The highest BCUT2D eigenvalue weighted by Gasteiger charge is 2.26. The Balaban J connectivity index is 2.01. The van der Waals surface area contributed by atoms with E-state index in [4.69, 9.17) is 5.26 Å². The zero-order valence-corrected chi connectivity index (χ0v) is 10.6. The molecular weight excluding hydrogens is 255 g/mol. The second-order valence-corrected chi connectivity index (χ2v) is 4.64. The summed E-state index contributed by atoms with van der Waals surface area (Å²) >= 11 is 0. The second-order valence-electron chi connectivity index (χ2n) is 4.64. The molecule has 0 radical (unpaired) electrons. The lowest BCUT2D eigenvalue weighted by atomic mass is 9.98. The van der Waals surface area contributed by atoms with E-state index in [-0.39, 0.29) is 17.2 Å². The van der Waals surface area contributed by atoms with Crippen molar-refractivity contribution >= 4 is 11.6 Å². The third-order valence-corrected chi connectivity index (χ3v) is 3.47. The Hall–Kier alpha value is -2.67. The standard InChI is InChI=1S/C16H11FN2O/c17-14-9-11(10-18)5-6-15(14)19-8-7-12-3-1-2-4-13(12)16(19)20/h1-6,9H,7-8H2. The van der Waals surface area contributed by atoms with Gasteiger partial charge in [0.15, 0.2) is 0 Å². The van der Waals surface area contributed by atoms with Gasteiger partial charge in [-0.05, 0) is 36.2 Å². The number of nitriles is 1. The zero-order valence-electron chi connectivity index (χ0n) is 10.6. The van der Waals surface area contributed by atoms with E-state index >= 15 is 0 Å². The number of carbonyl (C=O) groups excluding carboxylic acids is 1. The molecule has 1 amide bonds. The van der Waals surface area contributed by atoms with Crippen LogP contribution >= 0.6 is 0 Å². The van der Waals surface area contributed by atoms with Gasteiger partial charge in [-0.25, -0.2) is 4.39 Å². The zero-order chi connectivity index (χ0) is 14.1. The summed E-state index contributed by atoms with van der Waals surface area (Å²) in [5, 5.41) is 8.75. The van der Waals surface area contributed by atoms with Crippen LogP contribution in [-0.2, 0) is 6.42 Å². The number of hydrogen-bond donors (Lipinski definition) is 0. The van der Waals surface area contributed by atoms with Crippen molar-refractivity contribution in [3.8, 4) is 6.07 Å². The molecule has 0 saturated heterocycles. The largest absolute Gasteiger partial charge is 0.305 e. The number of benzene rings is 2. The predicted molar refractivity (Wildman–Crippen MR) is 72.9 cm³/mol. The Kier molecular flexibility index (Phi) is 2.96. The summed E-state index contributed by atoms with van der Waals surface area (Å²) in [6.45, 7) is 0.443. The highest BCUT2D eigenvalue weighted by atomic mass is 19.1. The molecule has 2 aromatic carbocycles. The normalized spacial score (nSPS) is 13.8. The molecule has 4 heteroatoms. The van der Waals surface area contributed by atoms with Gasteiger partial charge < -0.3 is 4.90 Å². The number of anilines is 1. The van der Waals surface area contributed by atoms with Crippen LogP contribution in [0.25, 0.3) is 0 Å².